The molecular formula is C15H14BrN3O. The first-order chi connectivity index (χ1) is 9.72. The van der Waals surface area contributed by atoms with Crippen LogP contribution in [0.1, 0.15) is 5.56 Å². The van der Waals surface area contributed by atoms with Crippen molar-refractivity contribution in [2.75, 3.05) is 24.2 Å². The minimum absolute atomic E-state index is 0.464. The van der Waals surface area contributed by atoms with Crippen molar-refractivity contribution in [3.63, 3.8) is 0 Å². The molecule has 0 unspecified atom stereocenters. The Balaban J connectivity index is 1.90. The molecule has 5 heteroatoms. The fourth-order valence-electron chi connectivity index (χ4n) is 1.74. The summed E-state index contributed by atoms with van der Waals surface area (Å²) in [6.45, 7) is 1.05. The van der Waals surface area contributed by atoms with Crippen LogP contribution in [0.15, 0.2) is 46.9 Å². The molecule has 0 atom stereocenters. The smallest absolute Gasteiger partial charge is 0.142 e. The van der Waals surface area contributed by atoms with Crippen LogP contribution in [0, 0.1) is 11.3 Å². The van der Waals surface area contributed by atoms with E-state index in [9.17, 15) is 0 Å². The number of halogens is 1. The molecule has 0 aliphatic heterocycles. The van der Waals surface area contributed by atoms with E-state index in [1.807, 2.05) is 36.4 Å². The normalized spacial score (nSPS) is 9.80. The van der Waals surface area contributed by atoms with Crippen molar-refractivity contribution in [1.82, 2.24) is 0 Å². The number of para-hydroxylation sites is 2. The van der Waals surface area contributed by atoms with E-state index in [2.05, 4.69) is 27.3 Å². The van der Waals surface area contributed by atoms with Crippen LogP contribution in [0.4, 0.5) is 11.4 Å². The Hall–Kier alpha value is -2.19. The molecule has 0 saturated carbocycles. The molecule has 0 aliphatic rings. The first-order valence-electron chi connectivity index (χ1n) is 6.12. The lowest BCUT2D eigenvalue weighted by atomic mass is 10.2. The first-order valence-corrected chi connectivity index (χ1v) is 6.91. The van der Waals surface area contributed by atoms with Gasteiger partial charge in [0.2, 0.25) is 0 Å². The molecule has 3 N–H and O–H groups in total. The number of nitrogen functional groups attached to an aromatic ring is 1. The Labute approximate surface area is 126 Å². The predicted octanol–water partition coefficient (Wildman–Crippen LogP) is 3.39. The summed E-state index contributed by atoms with van der Waals surface area (Å²) in [5.41, 5.74) is 7.78. The molecule has 0 aromatic heterocycles. The van der Waals surface area contributed by atoms with Gasteiger partial charge in [0.25, 0.3) is 0 Å². The number of nitrogens with zero attached hydrogens (tertiary/aromatic N) is 1. The fraction of sp³-hybridized carbons (Fsp3) is 0.133. The molecule has 0 amide bonds. The highest BCUT2D eigenvalue weighted by molar-refractivity contribution is 9.10. The number of hydrogen-bond acceptors (Lipinski definition) is 4. The number of rotatable bonds is 5. The standard InChI is InChI=1S/C15H14BrN3O/c16-12-4-3-6-14(11(12)10-17)19-8-9-20-15-7-2-1-5-13(15)18/h1-7,19H,8-9,18H2. The van der Waals surface area contributed by atoms with E-state index in [4.69, 9.17) is 15.7 Å². The van der Waals surface area contributed by atoms with Crippen molar-refractivity contribution in [3.8, 4) is 11.8 Å². The number of hydrogen-bond donors (Lipinski definition) is 2. The quantitative estimate of drug-likeness (QED) is 0.650. The number of ether oxygens (including phenoxy) is 1. The van der Waals surface area contributed by atoms with Crippen LogP contribution in [0.2, 0.25) is 0 Å². The van der Waals surface area contributed by atoms with E-state index >= 15 is 0 Å². The Morgan fingerprint density at radius 3 is 2.75 bits per heavy atom. The Bertz CT molecular complexity index is 637. The maximum absolute atomic E-state index is 9.10. The molecule has 2 aromatic carbocycles. The molecule has 0 aliphatic carbocycles. The van der Waals surface area contributed by atoms with E-state index in [1.54, 1.807) is 6.07 Å². The third kappa shape index (κ3) is 3.43. The highest BCUT2D eigenvalue weighted by atomic mass is 79.9. The van der Waals surface area contributed by atoms with Crippen LogP contribution in [-0.2, 0) is 0 Å². The molecule has 102 valence electrons. The number of anilines is 2. The van der Waals surface area contributed by atoms with Gasteiger partial charge in [-0.25, -0.2) is 0 Å². The van der Waals surface area contributed by atoms with Gasteiger partial charge < -0.3 is 15.8 Å². The molecule has 0 fully saturated rings. The second-order valence-corrected chi connectivity index (χ2v) is 4.94. The zero-order chi connectivity index (χ0) is 14.4. The van der Waals surface area contributed by atoms with Gasteiger partial charge in [0.1, 0.15) is 18.4 Å². The predicted molar refractivity (Wildman–Crippen MR) is 83.7 cm³/mol. The highest BCUT2D eigenvalue weighted by Gasteiger charge is 2.05. The maximum atomic E-state index is 9.10. The summed E-state index contributed by atoms with van der Waals surface area (Å²) in [4.78, 5) is 0. The summed E-state index contributed by atoms with van der Waals surface area (Å²) in [5, 5.41) is 12.3. The molecule has 2 rings (SSSR count). The third-order valence-electron chi connectivity index (χ3n) is 2.72. The summed E-state index contributed by atoms with van der Waals surface area (Å²) in [5.74, 6) is 0.670. The average molecular weight is 332 g/mol. The van der Waals surface area contributed by atoms with Crippen LogP contribution in [0.25, 0.3) is 0 Å². The van der Waals surface area contributed by atoms with Gasteiger partial charge >= 0.3 is 0 Å². The van der Waals surface area contributed by atoms with Crippen molar-refractivity contribution in [1.29, 1.82) is 5.26 Å². The lowest BCUT2D eigenvalue weighted by Crippen LogP contribution is -2.13. The molecule has 0 bridgehead atoms. The summed E-state index contributed by atoms with van der Waals surface area (Å²) < 4.78 is 6.36. The van der Waals surface area contributed by atoms with Crippen molar-refractivity contribution in [2.24, 2.45) is 0 Å². The first kappa shape index (κ1) is 14.2. The maximum Gasteiger partial charge on any atom is 0.142 e. The van der Waals surface area contributed by atoms with Crippen molar-refractivity contribution in [2.45, 2.75) is 0 Å². The summed E-state index contributed by atoms with van der Waals surface area (Å²) in [6, 6.07) is 15.1. The lowest BCUT2D eigenvalue weighted by Gasteiger charge is -2.11. The number of nitriles is 1. The van der Waals surface area contributed by atoms with Gasteiger partial charge in [-0.15, -0.1) is 0 Å². The number of nitrogens with two attached hydrogens (primary N) is 1. The van der Waals surface area contributed by atoms with Crippen LogP contribution >= 0.6 is 15.9 Å². The number of benzene rings is 2. The average Bonchev–Trinajstić information content (AvgIpc) is 2.45. The largest absolute Gasteiger partial charge is 0.490 e. The Kier molecular flexibility index (Phi) is 4.85. The Morgan fingerprint density at radius 1 is 1.20 bits per heavy atom. The van der Waals surface area contributed by atoms with Crippen molar-refractivity contribution < 1.29 is 4.74 Å². The van der Waals surface area contributed by atoms with Gasteiger partial charge in [-0.1, -0.05) is 18.2 Å². The molecule has 4 nitrogen and oxygen atoms in total. The summed E-state index contributed by atoms with van der Waals surface area (Å²) >= 11 is 3.35. The van der Waals surface area contributed by atoms with E-state index in [1.165, 1.54) is 0 Å². The number of nitrogens with one attached hydrogen (secondary N) is 1. The van der Waals surface area contributed by atoms with Gasteiger partial charge in [0.15, 0.2) is 0 Å². The van der Waals surface area contributed by atoms with Gasteiger partial charge in [-0.2, -0.15) is 5.26 Å². The minimum Gasteiger partial charge on any atom is -0.490 e. The van der Waals surface area contributed by atoms with Crippen LogP contribution in [0.3, 0.4) is 0 Å². The van der Waals surface area contributed by atoms with E-state index < -0.39 is 0 Å². The molecule has 0 heterocycles. The van der Waals surface area contributed by atoms with Crippen LogP contribution < -0.4 is 15.8 Å². The molecule has 0 radical (unpaired) electrons. The Morgan fingerprint density at radius 2 is 2.00 bits per heavy atom. The van der Waals surface area contributed by atoms with Crippen LogP contribution in [0.5, 0.6) is 5.75 Å². The van der Waals surface area contributed by atoms with Gasteiger partial charge in [-0.3, -0.25) is 0 Å². The van der Waals surface area contributed by atoms with E-state index in [0.29, 0.717) is 30.2 Å². The van der Waals surface area contributed by atoms with Gasteiger partial charge in [0.05, 0.1) is 16.9 Å². The summed E-state index contributed by atoms with van der Waals surface area (Å²) in [7, 11) is 0. The fourth-order valence-corrected chi connectivity index (χ4v) is 2.20. The monoisotopic (exact) mass is 331 g/mol. The van der Waals surface area contributed by atoms with Gasteiger partial charge in [0, 0.05) is 11.0 Å². The lowest BCUT2D eigenvalue weighted by molar-refractivity contribution is 0.334. The highest BCUT2D eigenvalue weighted by Crippen LogP contribution is 2.23. The second-order valence-electron chi connectivity index (χ2n) is 4.09. The van der Waals surface area contributed by atoms with Gasteiger partial charge in [-0.05, 0) is 40.2 Å². The van der Waals surface area contributed by atoms with Crippen LogP contribution in [-0.4, -0.2) is 13.2 Å². The second kappa shape index (κ2) is 6.83. The SMILES string of the molecule is N#Cc1c(Br)cccc1NCCOc1ccccc1N. The zero-order valence-electron chi connectivity index (χ0n) is 10.8. The van der Waals surface area contributed by atoms with E-state index in [0.717, 1.165) is 10.2 Å². The molecular weight excluding hydrogens is 318 g/mol. The summed E-state index contributed by atoms with van der Waals surface area (Å²) in [6.07, 6.45) is 0. The minimum atomic E-state index is 0.464. The molecule has 20 heavy (non-hydrogen) atoms. The topological polar surface area (TPSA) is 71.1 Å². The van der Waals surface area contributed by atoms with E-state index in [-0.39, 0.29) is 0 Å². The molecule has 0 saturated heterocycles. The zero-order valence-corrected chi connectivity index (χ0v) is 12.4. The van der Waals surface area contributed by atoms with Crippen molar-refractivity contribution in [3.05, 3.63) is 52.5 Å². The third-order valence-corrected chi connectivity index (χ3v) is 3.38. The molecule has 0 spiro atoms. The molecule has 2 aromatic rings. The van der Waals surface area contributed by atoms with Crippen molar-refractivity contribution >= 4 is 27.3 Å².